The van der Waals surface area contributed by atoms with E-state index in [4.69, 9.17) is 5.11 Å². The molecule has 0 spiro atoms. The highest BCUT2D eigenvalue weighted by molar-refractivity contribution is 5.78. The molecule has 0 radical (unpaired) electrons. The van der Waals surface area contributed by atoms with Gasteiger partial charge in [0, 0.05) is 18.1 Å². The van der Waals surface area contributed by atoms with Gasteiger partial charge in [-0.15, -0.1) is 0 Å². The molecule has 0 aliphatic carbocycles. The number of nitrogens with zero attached hydrogens (tertiary/aromatic N) is 2. The summed E-state index contributed by atoms with van der Waals surface area (Å²) in [5.74, 6) is 0.551. The zero-order chi connectivity index (χ0) is 10.7. The maximum atomic E-state index is 9.11. The van der Waals surface area contributed by atoms with E-state index in [0.29, 0.717) is 12.5 Å². The van der Waals surface area contributed by atoms with Gasteiger partial charge in [-0.05, 0) is 13.0 Å². The SMILES string of the molecule is CC(O)CNc1ncc2ccccc2n1. The van der Waals surface area contributed by atoms with Crippen molar-refractivity contribution in [3.8, 4) is 0 Å². The number of aliphatic hydroxyl groups is 1. The van der Waals surface area contributed by atoms with E-state index in [1.54, 1.807) is 13.1 Å². The number of fused-ring (bicyclic) bond motifs is 1. The molecular formula is C11H13N3O. The molecule has 4 nitrogen and oxygen atoms in total. The van der Waals surface area contributed by atoms with Crippen molar-refractivity contribution in [3.05, 3.63) is 30.5 Å². The molecule has 1 aromatic heterocycles. The monoisotopic (exact) mass is 203 g/mol. The Kier molecular flexibility index (Phi) is 2.78. The predicted octanol–water partition coefficient (Wildman–Crippen LogP) is 1.42. The van der Waals surface area contributed by atoms with Crippen molar-refractivity contribution in [1.82, 2.24) is 9.97 Å². The molecular weight excluding hydrogens is 190 g/mol. The number of hydrogen-bond acceptors (Lipinski definition) is 4. The Morgan fingerprint density at radius 3 is 3.00 bits per heavy atom. The molecule has 78 valence electrons. The minimum absolute atomic E-state index is 0.403. The molecule has 0 bridgehead atoms. The topological polar surface area (TPSA) is 58.0 Å². The van der Waals surface area contributed by atoms with Crippen LogP contribution in [0.15, 0.2) is 30.5 Å². The molecule has 2 aromatic rings. The Morgan fingerprint density at radius 2 is 2.20 bits per heavy atom. The van der Waals surface area contributed by atoms with E-state index in [0.717, 1.165) is 10.9 Å². The van der Waals surface area contributed by atoms with Gasteiger partial charge in [0.1, 0.15) is 0 Å². The second-order valence-electron chi connectivity index (χ2n) is 3.48. The third kappa shape index (κ3) is 2.41. The van der Waals surface area contributed by atoms with Crippen LogP contribution < -0.4 is 5.32 Å². The van der Waals surface area contributed by atoms with Crippen molar-refractivity contribution < 1.29 is 5.11 Å². The van der Waals surface area contributed by atoms with Crippen LogP contribution in [0.3, 0.4) is 0 Å². The molecule has 1 aromatic carbocycles. The van der Waals surface area contributed by atoms with Gasteiger partial charge in [0.15, 0.2) is 0 Å². The van der Waals surface area contributed by atoms with Crippen LogP contribution in [0.4, 0.5) is 5.95 Å². The minimum atomic E-state index is -0.403. The van der Waals surface area contributed by atoms with Gasteiger partial charge in [0.2, 0.25) is 5.95 Å². The summed E-state index contributed by atoms with van der Waals surface area (Å²) in [6.07, 6.45) is 1.37. The molecule has 15 heavy (non-hydrogen) atoms. The van der Waals surface area contributed by atoms with Crippen LogP contribution in [-0.4, -0.2) is 27.7 Å². The zero-order valence-electron chi connectivity index (χ0n) is 8.51. The van der Waals surface area contributed by atoms with Gasteiger partial charge in [-0.25, -0.2) is 9.97 Å². The lowest BCUT2D eigenvalue weighted by molar-refractivity contribution is 0.208. The Bertz CT molecular complexity index is 456. The number of nitrogens with one attached hydrogen (secondary N) is 1. The first-order valence-corrected chi connectivity index (χ1v) is 4.89. The summed E-state index contributed by atoms with van der Waals surface area (Å²) >= 11 is 0. The fraction of sp³-hybridized carbons (Fsp3) is 0.273. The maximum absolute atomic E-state index is 9.11. The Hall–Kier alpha value is -1.68. The van der Waals surface area contributed by atoms with Crippen LogP contribution in [0.25, 0.3) is 10.9 Å². The fourth-order valence-electron chi connectivity index (χ4n) is 1.30. The highest BCUT2D eigenvalue weighted by atomic mass is 16.3. The highest BCUT2D eigenvalue weighted by Gasteiger charge is 2.00. The molecule has 1 unspecified atom stereocenters. The van der Waals surface area contributed by atoms with Crippen LogP contribution >= 0.6 is 0 Å². The van der Waals surface area contributed by atoms with Gasteiger partial charge in [0.25, 0.3) is 0 Å². The standard InChI is InChI=1S/C11H13N3O/c1-8(15)6-12-11-13-7-9-4-2-3-5-10(9)14-11/h2-5,7-8,15H,6H2,1H3,(H,12,13,14). The third-order valence-electron chi connectivity index (χ3n) is 2.04. The van der Waals surface area contributed by atoms with Crippen LogP contribution in [0, 0.1) is 0 Å². The number of rotatable bonds is 3. The Labute approximate surface area is 88.0 Å². The smallest absolute Gasteiger partial charge is 0.223 e. The first-order chi connectivity index (χ1) is 7.25. The van der Waals surface area contributed by atoms with E-state index >= 15 is 0 Å². The summed E-state index contributed by atoms with van der Waals surface area (Å²) in [4.78, 5) is 8.46. The van der Waals surface area contributed by atoms with Gasteiger partial charge >= 0.3 is 0 Å². The van der Waals surface area contributed by atoms with E-state index in [2.05, 4.69) is 15.3 Å². The van der Waals surface area contributed by atoms with E-state index in [1.807, 2.05) is 24.3 Å². The number of benzene rings is 1. The van der Waals surface area contributed by atoms with Crippen LogP contribution in [-0.2, 0) is 0 Å². The first-order valence-electron chi connectivity index (χ1n) is 4.89. The predicted molar refractivity (Wildman–Crippen MR) is 59.7 cm³/mol. The average Bonchev–Trinajstić information content (AvgIpc) is 2.26. The molecule has 0 saturated heterocycles. The number of anilines is 1. The lowest BCUT2D eigenvalue weighted by Crippen LogP contribution is -2.16. The van der Waals surface area contributed by atoms with Gasteiger partial charge in [-0.2, -0.15) is 0 Å². The summed E-state index contributed by atoms with van der Waals surface area (Å²) in [6, 6.07) is 7.79. The van der Waals surface area contributed by atoms with Crippen LogP contribution in [0.1, 0.15) is 6.92 Å². The molecule has 0 amide bonds. The van der Waals surface area contributed by atoms with Crippen molar-refractivity contribution in [2.45, 2.75) is 13.0 Å². The quantitative estimate of drug-likeness (QED) is 0.792. The third-order valence-corrected chi connectivity index (χ3v) is 2.04. The van der Waals surface area contributed by atoms with Crippen molar-refractivity contribution in [1.29, 1.82) is 0 Å². The molecule has 1 heterocycles. The molecule has 1 atom stereocenters. The molecule has 0 aliphatic heterocycles. The van der Waals surface area contributed by atoms with Gasteiger partial charge < -0.3 is 10.4 Å². The molecule has 0 aliphatic rings. The number of hydrogen-bond donors (Lipinski definition) is 2. The normalized spacial score (nSPS) is 12.7. The van der Waals surface area contributed by atoms with E-state index in [-0.39, 0.29) is 0 Å². The molecule has 0 saturated carbocycles. The van der Waals surface area contributed by atoms with E-state index in [9.17, 15) is 0 Å². The van der Waals surface area contributed by atoms with Gasteiger partial charge in [-0.3, -0.25) is 0 Å². The number of aromatic nitrogens is 2. The lowest BCUT2D eigenvalue weighted by Gasteiger charge is -2.06. The molecule has 4 heteroatoms. The Morgan fingerprint density at radius 1 is 1.40 bits per heavy atom. The second-order valence-corrected chi connectivity index (χ2v) is 3.48. The van der Waals surface area contributed by atoms with Crippen LogP contribution in [0.2, 0.25) is 0 Å². The van der Waals surface area contributed by atoms with E-state index in [1.165, 1.54) is 0 Å². The molecule has 0 fully saturated rings. The summed E-state index contributed by atoms with van der Waals surface area (Å²) in [5.41, 5.74) is 0.903. The van der Waals surface area contributed by atoms with Crippen LogP contribution in [0.5, 0.6) is 0 Å². The molecule has 2 rings (SSSR count). The van der Waals surface area contributed by atoms with Crippen molar-refractivity contribution in [2.24, 2.45) is 0 Å². The summed E-state index contributed by atoms with van der Waals surface area (Å²) < 4.78 is 0. The lowest BCUT2D eigenvalue weighted by atomic mass is 10.2. The zero-order valence-corrected chi connectivity index (χ0v) is 8.51. The molecule has 2 N–H and O–H groups in total. The van der Waals surface area contributed by atoms with Gasteiger partial charge in [0.05, 0.1) is 11.6 Å². The summed E-state index contributed by atoms with van der Waals surface area (Å²) in [5, 5.41) is 13.1. The highest BCUT2D eigenvalue weighted by Crippen LogP contribution is 2.11. The first kappa shape index (κ1) is 9.86. The van der Waals surface area contributed by atoms with Gasteiger partial charge in [-0.1, -0.05) is 18.2 Å². The van der Waals surface area contributed by atoms with Crippen molar-refractivity contribution >= 4 is 16.9 Å². The summed E-state index contributed by atoms with van der Waals surface area (Å²) in [7, 11) is 0. The van der Waals surface area contributed by atoms with Crippen molar-refractivity contribution in [2.75, 3.05) is 11.9 Å². The largest absolute Gasteiger partial charge is 0.392 e. The minimum Gasteiger partial charge on any atom is -0.392 e. The maximum Gasteiger partial charge on any atom is 0.223 e. The average molecular weight is 203 g/mol. The number of para-hydroxylation sites is 1. The van der Waals surface area contributed by atoms with E-state index < -0.39 is 6.10 Å². The van der Waals surface area contributed by atoms with Crippen molar-refractivity contribution in [3.63, 3.8) is 0 Å². The number of aliphatic hydroxyl groups excluding tert-OH is 1. The Balaban J connectivity index is 2.23. The second kappa shape index (κ2) is 4.23. The fourth-order valence-corrected chi connectivity index (χ4v) is 1.30. The summed E-state index contributed by atoms with van der Waals surface area (Å²) in [6.45, 7) is 2.17.